The van der Waals surface area contributed by atoms with Crippen LogP contribution in [0.3, 0.4) is 0 Å². The number of ether oxygens (including phenoxy) is 2. The van der Waals surface area contributed by atoms with Crippen molar-refractivity contribution in [2.24, 2.45) is 0 Å². The van der Waals surface area contributed by atoms with Gasteiger partial charge in [0.1, 0.15) is 5.75 Å². The lowest BCUT2D eigenvalue weighted by Gasteiger charge is -2.14. The van der Waals surface area contributed by atoms with Gasteiger partial charge in [0.05, 0.1) is 11.6 Å². The molecule has 0 fully saturated rings. The smallest absolute Gasteiger partial charge is 0.347 e. The van der Waals surface area contributed by atoms with E-state index in [-0.39, 0.29) is 0 Å². The van der Waals surface area contributed by atoms with Crippen molar-refractivity contribution in [2.75, 3.05) is 11.9 Å². The molecule has 0 aromatic heterocycles. The van der Waals surface area contributed by atoms with E-state index in [4.69, 9.17) is 14.7 Å². The van der Waals surface area contributed by atoms with Gasteiger partial charge < -0.3 is 14.8 Å². The molecule has 1 amide bonds. The van der Waals surface area contributed by atoms with Crippen molar-refractivity contribution >= 4 is 17.6 Å². The summed E-state index contributed by atoms with van der Waals surface area (Å²) in [5.41, 5.74) is 3.13. The number of hydrogen-bond acceptors (Lipinski definition) is 5. The minimum atomic E-state index is -0.878. The topological polar surface area (TPSA) is 88.4 Å². The highest BCUT2D eigenvalue weighted by molar-refractivity contribution is 5.93. The lowest BCUT2D eigenvalue weighted by molar-refractivity contribution is -0.153. The summed E-state index contributed by atoms with van der Waals surface area (Å²) in [5, 5.41) is 11.5. The van der Waals surface area contributed by atoms with Crippen molar-refractivity contribution in [3.63, 3.8) is 0 Å². The van der Waals surface area contributed by atoms with Crippen LogP contribution in [0.4, 0.5) is 5.69 Å². The molecule has 0 saturated carbocycles. The second kappa shape index (κ2) is 8.67. The van der Waals surface area contributed by atoms with Gasteiger partial charge >= 0.3 is 5.97 Å². The van der Waals surface area contributed by atoms with Crippen LogP contribution in [0.15, 0.2) is 42.5 Å². The fourth-order valence-corrected chi connectivity index (χ4v) is 2.17. The number of rotatable bonds is 6. The average Bonchev–Trinajstić information content (AvgIpc) is 2.63. The van der Waals surface area contributed by atoms with Crippen LogP contribution in [0, 0.1) is 25.2 Å². The number of aryl methyl sites for hydroxylation is 2. The normalized spacial score (nSPS) is 11.2. The van der Waals surface area contributed by atoms with Gasteiger partial charge in [0, 0.05) is 5.69 Å². The van der Waals surface area contributed by atoms with Crippen LogP contribution in [0.1, 0.15) is 23.6 Å². The Morgan fingerprint density at radius 2 is 1.85 bits per heavy atom. The highest BCUT2D eigenvalue weighted by Crippen LogP contribution is 2.16. The Bertz CT molecular complexity index is 838. The van der Waals surface area contributed by atoms with Crippen LogP contribution in [0.2, 0.25) is 0 Å². The second-order valence-electron chi connectivity index (χ2n) is 5.87. The van der Waals surface area contributed by atoms with E-state index in [9.17, 15) is 9.59 Å². The monoisotopic (exact) mass is 352 g/mol. The standard InChI is InChI=1S/C20H20N2O4/c1-13-4-5-14(2)18(10-13)22-19(23)12-25-20(24)15(3)26-17-8-6-16(11-21)7-9-17/h4-10,15H,12H2,1-3H3,(H,22,23)/t15-/m1/s1. The van der Waals surface area contributed by atoms with Crippen LogP contribution in [-0.2, 0) is 14.3 Å². The first kappa shape index (κ1) is 19.0. The Kier molecular flexibility index (Phi) is 6.34. The molecule has 2 rings (SSSR count). The number of benzene rings is 2. The molecule has 0 aliphatic carbocycles. The van der Waals surface area contributed by atoms with Gasteiger partial charge in [-0.3, -0.25) is 4.79 Å². The third-order valence-corrected chi connectivity index (χ3v) is 3.64. The Morgan fingerprint density at radius 1 is 1.15 bits per heavy atom. The maximum absolute atomic E-state index is 12.0. The fourth-order valence-electron chi connectivity index (χ4n) is 2.17. The van der Waals surface area contributed by atoms with Gasteiger partial charge in [0.25, 0.3) is 5.91 Å². The first-order valence-electron chi connectivity index (χ1n) is 8.09. The van der Waals surface area contributed by atoms with E-state index in [0.717, 1.165) is 11.1 Å². The lowest BCUT2D eigenvalue weighted by atomic mass is 10.1. The van der Waals surface area contributed by atoms with Gasteiger partial charge in [0.2, 0.25) is 0 Å². The van der Waals surface area contributed by atoms with Gasteiger partial charge in [-0.1, -0.05) is 12.1 Å². The molecule has 1 atom stereocenters. The number of esters is 1. The van der Waals surface area contributed by atoms with Crippen LogP contribution >= 0.6 is 0 Å². The lowest BCUT2D eigenvalue weighted by Crippen LogP contribution is -2.29. The molecule has 0 radical (unpaired) electrons. The molecule has 0 bridgehead atoms. The fraction of sp³-hybridized carbons (Fsp3) is 0.250. The zero-order chi connectivity index (χ0) is 19.1. The number of carbonyl (C=O) groups excluding carboxylic acids is 2. The van der Waals surface area contributed by atoms with Gasteiger partial charge in [-0.2, -0.15) is 5.26 Å². The van der Waals surface area contributed by atoms with E-state index in [1.165, 1.54) is 6.92 Å². The van der Waals surface area contributed by atoms with Gasteiger partial charge in [-0.15, -0.1) is 0 Å². The summed E-state index contributed by atoms with van der Waals surface area (Å²) in [5.74, 6) is -0.628. The van der Waals surface area contributed by atoms with E-state index in [1.54, 1.807) is 24.3 Å². The predicted octanol–water partition coefficient (Wildman–Crippen LogP) is 3.12. The quantitative estimate of drug-likeness (QED) is 0.807. The number of nitrogens with zero attached hydrogens (tertiary/aromatic N) is 1. The zero-order valence-electron chi connectivity index (χ0n) is 14.9. The molecule has 0 spiro atoms. The number of nitrogens with one attached hydrogen (secondary N) is 1. The molecule has 134 valence electrons. The van der Waals surface area contributed by atoms with E-state index in [0.29, 0.717) is 17.0 Å². The molecule has 0 aliphatic heterocycles. The number of carbonyl (C=O) groups is 2. The average molecular weight is 352 g/mol. The molecule has 0 unspecified atom stereocenters. The Hall–Kier alpha value is -3.33. The summed E-state index contributed by atoms with van der Waals surface area (Å²) < 4.78 is 10.4. The number of nitriles is 1. The molecular weight excluding hydrogens is 332 g/mol. The van der Waals surface area contributed by atoms with Crippen LogP contribution in [0.25, 0.3) is 0 Å². The number of hydrogen-bond donors (Lipinski definition) is 1. The van der Waals surface area contributed by atoms with Crippen LogP contribution < -0.4 is 10.1 Å². The summed E-state index contributed by atoms with van der Waals surface area (Å²) in [4.78, 5) is 23.9. The highest BCUT2D eigenvalue weighted by atomic mass is 16.6. The van der Waals surface area contributed by atoms with Gasteiger partial charge in [-0.25, -0.2) is 4.79 Å². The van der Waals surface area contributed by atoms with Crippen molar-refractivity contribution in [3.05, 3.63) is 59.2 Å². The SMILES string of the molecule is Cc1ccc(C)c(NC(=O)COC(=O)[C@@H](C)Oc2ccc(C#N)cc2)c1. The van der Waals surface area contributed by atoms with E-state index in [2.05, 4.69) is 5.32 Å². The summed E-state index contributed by atoms with van der Waals surface area (Å²) in [7, 11) is 0. The molecule has 2 aromatic carbocycles. The molecule has 6 nitrogen and oxygen atoms in total. The Balaban J connectivity index is 1.83. The molecule has 0 aliphatic rings. The van der Waals surface area contributed by atoms with Crippen LogP contribution in [-0.4, -0.2) is 24.6 Å². The van der Waals surface area contributed by atoms with Gasteiger partial charge in [-0.05, 0) is 62.2 Å². The zero-order valence-corrected chi connectivity index (χ0v) is 14.9. The Labute approximate surface area is 152 Å². The molecule has 26 heavy (non-hydrogen) atoms. The molecule has 2 aromatic rings. The molecular formula is C20H20N2O4. The van der Waals surface area contributed by atoms with Crippen molar-refractivity contribution in [3.8, 4) is 11.8 Å². The van der Waals surface area contributed by atoms with Crippen LogP contribution in [0.5, 0.6) is 5.75 Å². The van der Waals surface area contributed by atoms with Crippen molar-refractivity contribution in [1.29, 1.82) is 5.26 Å². The summed E-state index contributed by atoms with van der Waals surface area (Å²) in [6.45, 7) is 4.95. The first-order chi connectivity index (χ1) is 12.4. The largest absolute Gasteiger partial charge is 0.479 e. The van der Waals surface area contributed by atoms with E-state index >= 15 is 0 Å². The predicted molar refractivity (Wildman–Crippen MR) is 96.8 cm³/mol. The maximum atomic E-state index is 12.0. The van der Waals surface area contributed by atoms with E-state index < -0.39 is 24.6 Å². The molecule has 0 heterocycles. The molecule has 0 saturated heterocycles. The summed E-state index contributed by atoms with van der Waals surface area (Å²) in [6, 6.07) is 14.1. The summed E-state index contributed by atoms with van der Waals surface area (Å²) in [6.07, 6.45) is -0.878. The summed E-state index contributed by atoms with van der Waals surface area (Å²) >= 11 is 0. The third-order valence-electron chi connectivity index (χ3n) is 3.64. The van der Waals surface area contributed by atoms with Crippen molar-refractivity contribution < 1.29 is 19.1 Å². The minimum absolute atomic E-state index is 0.396. The Morgan fingerprint density at radius 3 is 2.50 bits per heavy atom. The first-order valence-corrected chi connectivity index (χ1v) is 8.09. The number of anilines is 1. The van der Waals surface area contributed by atoms with Crippen molar-refractivity contribution in [2.45, 2.75) is 26.9 Å². The third kappa shape index (κ3) is 5.35. The van der Waals surface area contributed by atoms with E-state index in [1.807, 2.05) is 38.1 Å². The second-order valence-corrected chi connectivity index (χ2v) is 5.87. The number of amides is 1. The van der Waals surface area contributed by atoms with Gasteiger partial charge in [0.15, 0.2) is 12.7 Å². The molecule has 1 N–H and O–H groups in total. The van der Waals surface area contributed by atoms with Crippen molar-refractivity contribution in [1.82, 2.24) is 0 Å². The molecule has 6 heteroatoms. The maximum Gasteiger partial charge on any atom is 0.347 e. The minimum Gasteiger partial charge on any atom is -0.479 e. The highest BCUT2D eigenvalue weighted by Gasteiger charge is 2.18.